The van der Waals surface area contributed by atoms with Gasteiger partial charge in [-0.05, 0) is 187 Å². The largest absolute Gasteiger partial charge is 0.497 e. The number of benzene rings is 5. The van der Waals surface area contributed by atoms with Crippen molar-refractivity contribution in [3.05, 3.63) is 226 Å². The number of methoxy groups -OCH3 is 2. The van der Waals surface area contributed by atoms with E-state index >= 15 is 0 Å². The highest BCUT2D eigenvalue weighted by Crippen LogP contribution is 2.39. The van der Waals surface area contributed by atoms with Crippen LogP contribution >= 0.6 is 22.6 Å². The number of H-pyrrole nitrogens is 1. The number of piperidine rings is 2. The normalized spacial score (nSPS) is 16.0. The molecule has 3 atom stereocenters. The van der Waals surface area contributed by atoms with E-state index in [0.717, 1.165) is 121 Å². The summed E-state index contributed by atoms with van der Waals surface area (Å²) in [6, 6.07) is 46.0. The average molecular weight is 1560 g/mol. The van der Waals surface area contributed by atoms with Gasteiger partial charge in [0.25, 0.3) is 0 Å². The molecule has 1 saturated carbocycles. The Morgan fingerprint density at radius 1 is 0.617 bits per heavy atom. The van der Waals surface area contributed by atoms with E-state index in [-0.39, 0.29) is 30.1 Å². The van der Waals surface area contributed by atoms with Crippen LogP contribution in [0.5, 0.6) is 46.0 Å². The van der Waals surface area contributed by atoms with Crippen molar-refractivity contribution in [1.82, 2.24) is 50.0 Å². The van der Waals surface area contributed by atoms with E-state index in [1.54, 1.807) is 37.7 Å². The molecule has 6 N–H and O–H groups in total. The molecule has 3 fully saturated rings. The quantitative estimate of drug-likeness (QED) is 0.0418. The third-order valence-electron chi connectivity index (χ3n) is 18.1. The third kappa shape index (κ3) is 22.6. The van der Waals surface area contributed by atoms with Crippen LogP contribution in [0.4, 0.5) is 10.6 Å². The van der Waals surface area contributed by atoms with E-state index in [2.05, 4.69) is 97.6 Å². The Hall–Kier alpha value is -10.9. The van der Waals surface area contributed by atoms with E-state index in [1.165, 1.54) is 54.9 Å². The van der Waals surface area contributed by atoms with Crippen LogP contribution in [0, 0.1) is 24.5 Å². The van der Waals surface area contributed by atoms with E-state index in [4.69, 9.17) is 49.2 Å². The number of nitrogens with one attached hydrogen (secondary N) is 3. The zero-order chi connectivity index (χ0) is 76.0. The summed E-state index contributed by atoms with van der Waals surface area (Å²) in [5, 5.41) is 28.5. The van der Waals surface area contributed by atoms with Crippen molar-refractivity contribution in [1.29, 1.82) is 0 Å². The lowest BCUT2D eigenvalue weighted by Gasteiger charge is -2.34. The van der Waals surface area contributed by atoms with Gasteiger partial charge in [-0.3, -0.25) is 19.9 Å². The molecule has 2 amide bonds. The second-order valence-electron chi connectivity index (χ2n) is 27.6. The summed E-state index contributed by atoms with van der Waals surface area (Å²) in [6.45, 7) is 21.6. The SMILES string of the molecule is C=CC(=O)N1CCC[C@@H](Nc2n[nH]c3nccc(Oc4ccc(C)cc4)c23)C1.C=CC(=O)O.COc1ccc(CC2N=C(N[C@@H]3CCCN(C(=O)OC(C)(C)C)C3)c3c(Oc4ccc(C)cc4)ccnc32)cc1.COc1ccc(Cn2nc(I)c3c(Oc4ccc(C)cc4)ccnc32)cc1.NC1CCCCC1. The van der Waals surface area contributed by atoms with Gasteiger partial charge in [0.15, 0.2) is 17.1 Å². The van der Waals surface area contributed by atoms with E-state index < -0.39 is 11.6 Å². The topological polar surface area (TPSA) is 281 Å². The number of anilines is 1. The van der Waals surface area contributed by atoms with Crippen LogP contribution in [0.2, 0.25) is 0 Å². The molecule has 1 unspecified atom stereocenters. The van der Waals surface area contributed by atoms with Crippen molar-refractivity contribution >= 4 is 74.3 Å². The number of carboxylic acid groups (broad SMARTS) is 1. The van der Waals surface area contributed by atoms with Crippen LogP contribution in [-0.4, -0.2) is 138 Å². The van der Waals surface area contributed by atoms with Crippen molar-refractivity contribution in [2.75, 3.05) is 45.7 Å². The highest BCUT2D eigenvalue weighted by atomic mass is 127. The maximum Gasteiger partial charge on any atom is 0.410 e. The number of aliphatic imine (C=N–C) groups is 1. The number of hydrogen-bond donors (Lipinski definition) is 5. The number of amides is 2. The molecule has 0 spiro atoms. The first-order valence-electron chi connectivity index (χ1n) is 36.1. The van der Waals surface area contributed by atoms with E-state index in [9.17, 15) is 14.4 Å². The fraction of sp³-hybridized carbons (Fsp3) is 0.337. The number of fused-ring (bicyclic) bond motifs is 3. The Morgan fingerprint density at radius 3 is 1.64 bits per heavy atom. The zero-order valence-corrected chi connectivity index (χ0v) is 64.3. The molecule has 8 heterocycles. The fourth-order valence-corrected chi connectivity index (χ4v) is 13.3. The number of aliphatic carboxylic acids is 1. The minimum Gasteiger partial charge on any atom is -0.497 e. The molecule has 3 aliphatic heterocycles. The lowest BCUT2D eigenvalue weighted by molar-refractivity contribution is -0.131. The Bertz CT molecular complexity index is 4630. The zero-order valence-electron chi connectivity index (χ0n) is 62.1. The molecule has 2 saturated heterocycles. The molecular formula is C83H96IN13O10. The number of carbonyl (C=O) groups is 3. The summed E-state index contributed by atoms with van der Waals surface area (Å²) in [6.07, 6.45) is 18.2. The number of halogens is 1. The summed E-state index contributed by atoms with van der Waals surface area (Å²) >= 11 is 2.23. The van der Waals surface area contributed by atoms with Gasteiger partial charge in [-0.25, -0.2) is 24.2 Å². The summed E-state index contributed by atoms with van der Waals surface area (Å²) in [4.78, 5) is 56.4. The average Bonchev–Trinajstić information content (AvgIpc) is 1.66. The number of rotatable bonds is 17. The summed E-state index contributed by atoms with van der Waals surface area (Å²) in [7, 11) is 3.33. The molecule has 0 radical (unpaired) electrons. The van der Waals surface area contributed by atoms with Crippen LogP contribution < -0.4 is 40.1 Å². The smallest absolute Gasteiger partial charge is 0.410 e. The van der Waals surface area contributed by atoms with Gasteiger partial charge in [0.05, 0.1) is 43.4 Å². The number of carboxylic acids is 1. The molecule has 10 aromatic rings. The number of nitrogens with zero attached hydrogens (tertiary/aromatic N) is 9. The van der Waals surface area contributed by atoms with Crippen molar-refractivity contribution in [3.8, 4) is 46.0 Å². The van der Waals surface area contributed by atoms with Gasteiger partial charge in [-0.1, -0.05) is 110 Å². The minimum absolute atomic E-state index is 0.0278. The van der Waals surface area contributed by atoms with Crippen molar-refractivity contribution in [2.45, 2.75) is 142 Å². The fourth-order valence-electron chi connectivity index (χ4n) is 12.5. The highest BCUT2D eigenvalue weighted by Gasteiger charge is 2.35. The molecule has 5 aromatic carbocycles. The maximum atomic E-state index is 12.8. The molecular weight excluding hydrogens is 1470 g/mol. The number of aromatic nitrogens is 7. The molecule has 1 aliphatic carbocycles. The number of amidine groups is 1. The molecule has 107 heavy (non-hydrogen) atoms. The number of pyridine rings is 3. The molecule has 0 bridgehead atoms. The predicted molar refractivity (Wildman–Crippen MR) is 426 cm³/mol. The third-order valence-corrected chi connectivity index (χ3v) is 18.8. The lowest BCUT2D eigenvalue weighted by Crippen LogP contribution is -2.50. The number of aryl methyl sites for hydroxylation is 3. The van der Waals surface area contributed by atoms with Crippen molar-refractivity contribution < 1.29 is 47.9 Å². The Balaban J connectivity index is 0.000000162. The predicted octanol–water partition coefficient (Wildman–Crippen LogP) is 16.6. The summed E-state index contributed by atoms with van der Waals surface area (Å²) < 4.78 is 37.5. The Morgan fingerprint density at radius 2 is 1.11 bits per heavy atom. The lowest BCUT2D eigenvalue weighted by atomic mass is 9.97. The first-order chi connectivity index (χ1) is 51.6. The first-order valence-corrected chi connectivity index (χ1v) is 37.1. The van der Waals surface area contributed by atoms with Crippen molar-refractivity contribution in [3.63, 3.8) is 0 Å². The highest BCUT2D eigenvalue weighted by molar-refractivity contribution is 14.1. The van der Waals surface area contributed by atoms with Crippen LogP contribution in [0.25, 0.3) is 22.1 Å². The number of aromatic amines is 1. The molecule has 560 valence electrons. The van der Waals surface area contributed by atoms with Gasteiger partial charge in [0.2, 0.25) is 5.91 Å². The molecule has 14 rings (SSSR count). The van der Waals surface area contributed by atoms with Crippen LogP contribution in [-0.2, 0) is 27.3 Å². The minimum atomic E-state index is -0.981. The molecule has 24 heteroatoms. The molecule has 23 nitrogen and oxygen atoms in total. The van der Waals surface area contributed by atoms with Gasteiger partial charge in [-0.2, -0.15) is 10.2 Å². The molecule has 5 aromatic heterocycles. The second-order valence-corrected chi connectivity index (χ2v) is 28.6. The van der Waals surface area contributed by atoms with Gasteiger partial charge in [0.1, 0.15) is 66.5 Å². The van der Waals surface area contributed by atoms with Crippen LogP contribution in [0.3, 0.4) is 0 Å². The van der Waals surface area contributed by atoms with Gasteiger partial charge < -0.3 is 59.7 Å². The monoisotopic (exact) mass is 1560 g/mol. The number of ether oxygens (including phenoxy) is 6. The standard InChI is InChI=1S/C32H38N4O4.C21H18IN3O2.C21H23N5O2.C6H13N.C3H4O2/c1-21-8-12-25(13-9-21)39-27-16-17-33-29-26(19-22-10-14-24(38-5)15-11-22)35-30(28(27)29)34-23-7-6-18-36(20-23)31(37)40-32(2,3)4;1-14-3-7-17(8-4-14)27-18-11-12-23-21-19(18)20(22)24-25(21)13-15-5-9-16(26-2)10-6-15;1-3-18(27)26-12-4-5-15(13-26)23-21-19-17(10-11-22-20(19)24-25-21)28-16-8-6-14(2)7-9-16;7-6-4-2-1-3-5-6;1-2-3(4)5/h8-17,23,26H,6-7,18-20H2,1-5H3,(H,34,35);3-12H,13H2,1-2H3;3,6-11,15H,1,4-5,12-13H2,2H3,(H2,22,23,24,25);6H,1-5,7H2;2H,1H2,(H,4,5)/t23-,26?;;15-;;/m1.1../s1. The first kappa shape index (κ1) is 78.7. The number of likely N-dealkylation sites (tertiary alicyclic amines) is 2. The maximum absolute atomic E-state index is 12.8. The number of nitrogens with two attached hydrogens (primary N) is 1. The number of carbonyl (C=O) groups excluding carboxylic acids is 2. The molecule has 4 aliphatic rings. The summed E-state index contributed by atoms with van der Waals surface area (Å²) in [5.74, 6) is 6.52. The van der Waals surface area contributed by atoms with Gasteiger partial charge in [-0.15, -0.1) is 0 Å². The summed E-state index contributed by atoms with van der Waals surface area (Å²) in [5.41, 5.74) is 14.1. The van der Waals surface area contributed by atoms with Crippen molar-refractivity contribution in [2.24, 2.45) is 10.7 Å². The van der Waals surface area contributed by atoms with E-state index in [1.807, 2.05) is 165 Å². The van der Waals surface area contributed by atoms with Crippen LogP contribution in [0.1, 0.15) is 124 Å². The van der Waals surface area contributed by atoms with E-state index in [0.29, 0.717) is 61.6 Å². The second kappa shape index (κ2) is 37.9. The number of hydrogen-bond acceptors (Lipinski definition) is 18. The Kier molecular flexibility index (Phi) is 27.9. The Labute approximate surface area is 639 Å². The van der Waals surface area contributed by atoms with Gasteiger partial charge in [0, 0.05) is 87.5 Å². The van der Waals surface area contributed by atoms with Gasteiger partial charge >= 0.3 is 12.1 Å². The van der Waals surface area contributed by atoms with Crippen LogP contribution in [0.15, 0.2) is 188 Å².